The Morgan fingerprint density at radius 2 is 1.71 bits per heavy atom. The molecule has 10 heteroatoms. The summed E-state index contributed by atoms with van der Waals surface area (Å²) in [6, 6.07) is 12.9. The second-order valence-corrected chi connectivity index (χ2v) is 8.90. The molecule has 2 aromatic carbocycles. The van der Waals surface area contributed by atoms with Crippen molar-refractivity contribution >= 4 is 18.1 Å². The quantitative estimate of drug-likeness (QED) is 0.477. The molecule has 8 nitrogen and oxygen atoms in total. The lowest BCUT2D eigenvalue weighted by Gasteiger charge is -2.40. The van der Waals surface area contributed by atoms with Gasteiger partial charge in [-0.05, 0) is 53.6 Å². The minimum Gasteiger partial charge on any atom is -0.497 e. The molecule has 0 bridgehead atoms. The van der Waals surface area contributed by atoms with E-state index in [-0.39, 0.29) is 24.3 Å². The Morgan fingerprint density at radius 3 is 2.40 bits per heavy atom. The summed E-state index contributed by atoms with van der Waals surface area (Å²) in [5.41, 5.74) is 1.61. The molecule has 1 atom stereocenters. The lowest BCUT2D eigenvalue weighted by atomic mass is 10.0. The molecule has 35 heavy (non-hydrogen) atoms. The fourth-order valence-electron chi connectivity index (χ4n) is 5.27. The normalized spacial score (nSPS) is 17.7. The average molecular weight is 503 g/mol. The second-order valence-electron chi connectivity index (χ2n) is 8.90. The predicted octanol–water partition coefficient (Wildman–Crippen LogP) is 4.28. The molecule has 1 aliphatic heterocycles. The van der Waals surface area contributed by atoms with Crippen LogP contribution in [0.5, 0.6) is 11.5 Å². The predicted molar refractivity (Wildman–Crippen MR) is 134 cm³/mol. The molecule has 0 radical (unpaired) electrons. The molecule has 0 spiro atoms. The van der Waals surface area contributed by atoms with Crippen LogP contribution in [0.2, 0.25) is 0 Å². The fourth-order valence-corrected chi connectivity index (χ4v) is 5.27. The highest BCUT2D eigenvalue weighted by molar-refractivity contribution is 5.85. The van der Waals surface area contributed by atoms with Gasteiger partial charge in [-0.3, -0.25) is 4.90 Å². The van der Waals surface area contributed by atoms with Crippen LogP contribution in [0.1, 0.15) is 49.2 Å². The molecule has 2 fully saturated rings. The zero-order chi connectivity index (χ0) is 23.5. The molecular formula is C25H32ClFN6O2. The second kappa shape index (κ2) is 11.2. The number of benzene rings is 2. The van der Waals surface area contributed by atoms with Crippen LogP contribution in [0, 0.1) is 5.82 Å². The van der Waals surface area contributed by atoms with E-state index in [1.165, 1.54) is 18.9 Å². The number of ether oxygens (including phenoxy) is 2. The van der Waals surface area contributed by atoms with Gasteiger partial charge in [-0.1, -0.05) is 25.0 Å². The molecule has 1 aliphatic carbocycles. The Morgan fingerprint density at radius 1 is 0.971 bits per heavy atom. The largest absolute Gasteiger partial charge is 0.497 e. The zero-order valence-electron chi connectivity index (χ0n) is 20.1. The third-order valence-corrected chi connectivity index (χ3v) is 7.04. The molecule has 3 aromatic rings. The van der Waals surface area contributed by atoms with Crippen molar-refractivity contribution in [2.24, 2.45) is 0 Å². The zero-order valence-corrected chi connectivity index (χ0v) is 21.0. The molecule has 0 amide bonds. The first kappa shape index (κ1) is 25.2. The van der Waals surface area contributed by atoms with E-state index in [1.807, 2.05) is 35.0 Å². The van der Waals surface area contributed by atoms with Crippen LogP contribution in [-0.4, -0.2) is 65.5 Å². The van der Waals surface area contributed by atoms with E-state index in [4.69, 9.17) is 9.47 Å². The van der Waals surface area contributed by atoms with Crippen LogP contribution in [-0.2, 0) is 0 Å². The van der Waals surface area contributed by atoms with Gasteiger partial charge >= 0.3 is 0 Å². The van der Waals surface area contributed by atoms with E-state index >= 15 is 0 Å². The Bertz CT molecular complexity index is 1110. The maximum Gasteiger partial charge on any atom is 0.173 e. The monoisotopic (exact) mass is 502 g/mol. The summed E-state index contributed by atoms with van der Waals surface area (Å²) in [6.45, 7) is 2.87. The number of aromatic nitrogens is 4. The summed E-state index contributed by atoms with van der Waals surface area (Å²) in [7, 11) is 3.34. The first-order chi connectivity index (χ1) is 16.7. The molecule has 2 aliphatic rings. The van der Waals surface area contributed by atoms with Crippen molar-refractivity contribution in [1.29, 1.82) is 0 Å². The maximum absolute atomic E-state index is 14.4. The van der Waals surface area contributed by atoms with E-state index < -0.39 is 0 Å². The average Bonchev–Trinajstić information content (AvgIpc) is 3.57. The summed E-state index contributed by atoms with van der Waals surface area (Å²) in [4.78, 5) is 4.47. The third kappa shape index (κ3) is 5.06. The van der Waals surface area contributed by atoms with Crippen molar-refractivity contribution in [1.82, 2.24) is 25.1 Å². The Hall–Kier alpha value is -2.91. The lowest BCUT2D eigenvalue weighted by Crippen LogP contribution is -2.48. The summed E-state index contributed by atoms with van der Waals surface area (Å²) in [5, 5.41) is 13.0. The van der Waals surface area contributed by atoms with Gasteiger partial charge in [0, 0.05) is 31.7 Å². The summed E-state index contributed by atoms with van der Waals surface area (Å²) >= 11 is 0. The van der Waals surface area contributed by atoms with Crippen LogP contribution < -0.4 is 14.4 Å². The van der Waals surface area contributed by atoms with E-state index in [9.17, 15) is 4.39 Å². The molecular weight excluding hydrogens is 471 g/mol. The number of hydrogen-bond acceptors (Lipinski definition) is 7. The minimum absolute atomic E-state index is 0. The van der Waals surface area contributed by atoms with E-state index in [0.29, 0.717) is 24.8 Å². The van der Waals surface area contributed by atoms with Gasteiger partial charge in [0.05, 0.1) is 25.9 Å². The van der Waals surface area contributed by atoms with Crippen LogP contribution in [0.4, 0.5) is 10.1 Å². The number of methoxy groups -OCH3 is 2. The highest BCUT2D eigenvalue weighted by Gasteiger charge is 2.35. The first-order valence-corrected chi connectivity index (χ1v) is 11.9. The number of rotatable bonds is 7. The van der Waals surface area contributed by atoms with Crippen molar-refractivity contribution in [3.05, 3.63) is 59.7 Å². The standard InChI is InChI=1S/C25H31FN6O2.ClH/c1-33-19-11-12-23(34-2)20(17-19)24(25-27-28-29-32(25)18-7-3-4-8-18)31-15-13-30(14-16-31)22-10-6-5-9-21(22)26;/h5-6,9-12,17-18,24H,3-4,7-8,13-16H2,1-2H3;1H. The minimum atomic E-state index is -0.205. The topological polar surface area (TPSA) is 68.5 Å². The number of anilines is 1. The lowest BCUT2D eigenvalue weighted by molar-refractivity contribution is 0.194. The van der Waals surface area contributed by atoms with E-state index in [0.717, 1.165) is 48.8 Å². The van der Waals surface area contributed by atoms with Crippen molar-refractivity contribution in [2.45, 2.75) is 37.8 Å². The summed E-state index contributed by atoms with van der Waals surface area (Å²) in [6.07, 6.45) is 4.55. The van der Waals surface area contributed by atoms with Gasteiger partial charge in [0.2, 0.25) is 0 Å². The number of tetrazole rings is 1. The van der Waals surface area contributed by atoms with Gasteiger partial charge in [-0.15, -0.1) is 17.5 Å². The van der Waals surface area contributed by atoms with Crippen molar-refractivity contribution in [2.75, 3.05) is 45.3 Å². The van der Waals surface area contributed by atoms with Gasteiger partial charge in [-0.2, -0.15) is 0 Å². The van der Waals surface area contributed by atoms with Gasteiger partial charge in [0.25, 0.3) is 0 Å². The van der Waals surface area contributed by atoms with Crippen LogP contribution in [0.15, 0.2) is 42.5 Å². The Labute approximate surface area is 211 Å². The number of nitrogens with zero attached hydrogens (tertiary/aromatic N) is 6. The molecule has 1 saturated carbocycles. The van der Waals surface area contributed by atoms with Crippen LogP contribution in [0.3, 0.4) is 0 Å². The number of piperazine rings is 1. The van der Waals surface area contributed by atoms with Crippen molar-refractivity contribution in [3.63, 3.8) is 0 Å². The number of halogens is 2. The van der Waals surface area contributed by atoms with E-state index in [1.54, 1.807) is 20.3 Å². The summed E-state index contributed by atoms with van der Waals surface area (Å²) < 4.78 is 27.7. The molecule has 5 rings (SSSR count). The molecule has 1 unspecified atom stereocenters. The van der Waals surface area contributed by atoms with Crippen molar-refractivity contribution < 1.29 is 13.9 Å². The van der Waals surface area contributed by atoms with Gasteiger partial charge in [0.1, 0.15) is 23.4 Å². The van der Waals surface area contributed by atoms with Crippen LogP contribution >= 0.6 is 12.4 Å². The molecule has 1 saturated heterocycles. The van der Waals surface area contributed by atoms with Gasteiger partial charge < -0.3 is 14.4 Å². The molecule has 0 N–H and O–H groups in total. The van der Waals surface area contributed by atoms with Crippen molar-refractivity contribution in [3.8, 4) is 11.5 Å². The fraction of sp³-hybridized carbons (Fsp3) is 0.480. The van der Waals surface area contributed by atoms with Gasteiger partial charge in [0.15, 0.2) is 5.82 Å². The molecule has 2 heterocycles. The van der Waals surface area contributed by atoms with E-state index in [2.05, 4.69) is 25.3 Å². The molecule has 188 valence electrons. The molecule has 1 aromatic heterocycles. The highest BCUT2D eigenvalue weighted by Crippen LogP contribution is 2.39. The summed E-state index contributed by atoms with van der Waals surface area (Å²) in [5.74, 6) is 2.15. The van der Waals surface area contributed by atoms with Crippen LogP contribution in [0.25, 0.3) is 0 Å². The Kier molecular flexibility index (Phi) is 8.07. The maximum atomic E-state index is 14.4. The Balaban J connectivity index is 0.00000289. The number of para-hydroxylation sites is 1. The number of hydrogen-bond donors (Lipinski definition) is 0. The SMILES string of the molecule is COc1ccc(OC)c(C(c2nnnn2C2CCCC2)N2CCN(c3ccccc3F)CC2)c1.Cl. The highest BCUT2D eigenvalue weighted by atomic mass is 35.5. The third-order valence-electron chi connectivity index (χ3n) is 7.04. The van der Waals surface area contributed by atoms with Gasteiger partial charge in [-0.25, -0.2) is 9.07 Å². The first-order valence-electron chi connectivity index (χ1n) is 11.9. The smallest absolute Gasteiger partial charge is 0.173 e.